The van der Waals surface area contributed by atoms with Crippen LogP contribution in [0.15, 0.2) is 0 Å². The number of aliphatic carboxylic acids is 1. The molecule has 0 aromatic rings. The lowest BCUT2D eigenvalue weighted by Crippen LogP contribution is -2.11. The molecule has 0 aromatic carbocycles. The molecular formula is C5H12FNO4. The molecule has 0 bridgehead atoms. The van der Waals surface area contributed by atoms with Crippen LogP contribution in [-0.2, 0) is 9.53 Å². The fraction of sp³-hybridized carbons (Fsp3) is 0.600. The molecule has 0 spiro atoms. The van der Waals surface area contributed by atoms with Gasteiger partial charge < -0.3 is 15.6 Å². The van der Waals surface area contributed by atoms with Crippen molar-refractivity contribution in [3.8, 4) is 0 Å². The summed E-state index contributed by atoms with van der Waals surface area (Å²) in [5, 5.41) is 7.42. The first kappa shape index (κ1) is 16.3. The average molecular weight is 169 g/mol. The molecule has 0 aliphatic heterocycles. The first-order chi connectivity index (χ1) is 4.50. The summed E-state index contributed by atoms with van der Waals surface area (Å²) in [6.45, 7) is 3.14. The van der Waals surface area contributed by atoms with Crippen LogP contribution in [-0.4, -0.2) is 23.8 Å². The van der Waals surface area contributed by atoms with Crippen molar-refractivity contribution in [1.82, 2.24) is 0 Å². The third-order valence-corrected chi connectivity index (χ3v) is 0.287. The molecule has 1 amide bonds. The molecule has 0 rings (SSSR count). The largest absolute Gasteiger partial charge is 0.481 e. The highest BCUT2D eigenvalue weighted by atomic mass is 19.0. The molecule has 0 aliphatic carbocycles. The number of carbonyl (C=O) groups is 2. The second-order valence-corrected chi connectivity index (χ2v) is 1.27. The van der Waals surface area contributed by atoms with Crippen LogP contribution >= 0.6 is 0 Å². The number of rotatable bonds is 1. The first-order valence-electron chi connectivity index (χ1n) is 2.62. The van der Waals surface area contributed by atoms with Crippen molar-refractivity contribution in [1.29, 1.82) is 0 Å². The maximum absolute atomic E-state index is 9.60. The van der Waals surface area contributed by atoms with Crippen LogP contribution < -0.4 is 5.73 Å². The predicted octanol–water partition coefficient (Wildman–Crippen LogP) is 0.345. The molecule has 0 saturated heterocycles. The Bertz CT molecular complexity index is 113. The van der Waals surface area contributed by atoms with E-state index in [0.717, 1.165) is 6.92 Å². The molecule has 68 valence electrons. The Morgan fingerprint density at radius 2 is 1.82 bits per heavy atom. The van der Waals surface area contributed by atoms with E-state index in [1.54, 1.807) is 6.92 Å². The van der Waals surface area contributed by atoms with Gasteiger partial charge in [0.2, 0.25) is 0 Å². The molecule has 0 aromatic heterocycles. The summed E-state index contributed by atoms with van der Waals surface area (Å²) < 4.78 is 4.18. The molecule has 11 heavy (non-hydrogen) atoms. The maximum Gasteiger partial charge on any atom is 0.404 e. The van der Waals surface area contributed by atoms with Gasteiger partial charge in [-0.1, -0.05) is 0 Å². The van der Waals surface area contributed by atoms with E-state index in [1.807, 2.05) is 0 Å². The van der Waals surface area contributed by atoms with Gasteiger partial charge in [0.1, 0.15) is 0 Å². The Kier molecular flexibility index (Phi) is 17.0. The van der Waals surface area contributed by atoms with Gasteiger partial charge in [0.25, 0.3) is 5.97 Å². The lowest BCUT2D eigenvalue weighted by molar-refractivity contribution is -0.134. The highest BCUT2D eigenvalue weighted by Gasteiger charge is 1.82. The van der Waals surface area contributed by atoms with E-state index < -0.39 is 12.1 Å². The Labute approximate surface area is 63.5 Å². The Balaban J connectivity index is -0.000000114. The van der Waals surface area contributed by atoms with Gasteiger partial charge in [-0.05, 0) is 6.92 Å². The number of primary amides is 1. The van der Waals surface area contributed by atoms with E-state index in [-0.39, 0.29) is 4.70 Å². The van der Waals surface area contributed by atoms with E-state index >= 15 is 0 Å². The third-order valence-electron chi connectivity index (χ3n) is 0.287. The van der Waals surface area contributed by atoms with E-state index in [2.05, 4.69) is 10.5 Å². The smallest absolute Gasteiger partial charge is 0.404 e. The lowest BCUT2D eigenvalue weighted by Gasteiger charge is -1.89. The van der Waals surface area contributed by atoms with Crippen LogP contribution in [0, 0.1) is 0 Å². The minimum atomic E-state index is -0.833. The van der Waals surface area contributed by atoms with Gasteiger partial charge in [-0.3, -0.25) is 9.50 Å². The van der Waals surface area contributed by atoms with Crippen molar-refractivity contribution in [2.24, 2.45) is 5.73 Å². The number of halogens is 1. The number of ether oxygens (including phenoxy) is 1. The fourth-order valence-electron chi connectivity index (χ4n) is 0.142. The number of carboxylic acid groups (broad SMARTS) is 1. The molecule has 0 heterocycles. The number of hydrogen-bond acceptors (Lipinski definition) is 3. The number of nitrogens with two attached hydrogens (primary N) is 1. The van der Waals surface area contributed by atoms with Gasteiger partial charge in [0.05, 0.1) is 6.61 Å². The normalized spacial score (nSPS) is 6.36. The van der Waals surface area contributed by atoms with Crippen molar-refractivity contribution >= 4 is 12.1 Å². The molecule has 0 unspecified atom stereocenters. The predicted molar refractivity (Wildman–Crippen MR) is 37.0 cm³/mol. The van der Waals surface area contributed by atoms with Crippen LogP contribution in [0.4, 0.5) is 9.50 Å². The average Bonchev–Trinajstić information content (AvgIpc) is 1.62. The van der Waals surface area contributed by atoms with Crippen LogP contribution in [0.25, 0.3) is 0 Å². The number of carbonyl (C=O) groups excluding carboxylic acids is 1. The highest BCUT2D eigenvalue weighted by Crippen LogP contribution is 1.66. The van der Waals surface area contributed by atoms with Gasteiger partial charge in [0, 0.05) is 6.92 Å². The monoisotopic (exact) mass is 169 g/mol. The van der Waals surface area contributed by atoms with Crippen molar-refractivity contribution in [2.45, 2.75) is 13.8 Å². The zero-order valence-electron chi connectivity index (χ0n) is 6.36. The quantitative estimate of drug-likeness (QED) is 0.592. The number of hydrogen-bond donors (Lipinski definition) is 2. The Morgan fingerprint density at radius 3 is 1.82 bits per heavy atom. The lowest BCUT2D eigenvalue weighted by atomic mass is 10.9. The number of amides is 1. The Hall–Kier alpha value is -1.33. The molecule has 0 aliphatic rings. The molecule has 0 saturated carbocycles. The van der Waals surface area contributed by atoms with E-state index in [1.165, 1.54) is 0 Å². The zero-order chi connectivity index (χ0) is 8.57. The van der Waals surface area contributed by atoms with Crippen LogP contribution in [0.1, 0.15) is 13.8 Å². The summed E-state index contributed by atoms with van der Waals surface area (Å²) in [6.07, 6.45) is -0.711. The number of carboxylic acids is 1. The zero-order valence-corrected chi connectivity index (χ0v) is 6.36. The molecule has 3 N–H and O–H groups in total. The van der Waals surface area contributed by atoms with Crippen molar-refractivity contribution in [3.63, 3.8) is 0 Å². The minimum absolute atomic E-state index is 0. The second-order valence-electron chi connectivity index (χ2n) is 1.27. The first-order valence-corrected chi connectivity index (χ1v) is 2.62. The topological polar surface area (TPSA) is 89.6 Å². The summed E-state index contributed by atoms with van der Waals surface area (Å²) in [4.78, 5) is 18.6. The SMILES string of the molecule is CC(=O)O.CCOC(N)=O.F. The summed E-state index contributed by atoms with van der Waals surface area (Å²) in [6, 6.07) is 0. The molecular weight excluding hydrogens is 157 g/mol. The van der Waals surface area contributed by atoms with Gasteiger partial charge in [-0.2, -0.15) is 0 Å². The van der Waals surface area contributed by atoms with E-state index in [9.17, 15) is 4.79 Å². The maximum atomic E-state index is 9.60. The summed E-state index contributed by atoms with van der Waals surface area (Å²) in [5.41, 5.74) is 4.54. The molecule has 0 radical (unpaired) electrons. The standard InChI is InChI=1S/C3H7NO2.C2H4O2.FH/c1-2-6-3(4)5;1-2(3)4;/h2H2,1H3,(H2,4,5);1H3,(H,3,4);1H. The second kappa shape index (κ2) is 11.5. The van der Waals surface area contributed by atoms with Crippen molar-refractivity contribution in [2.75, 3.05) is 6.61 Å². The van der Waals surface area contributed by atoms with E-state index in [0.29, 0.717) is 6.61 Å². The fourth-order valence-corrected chi connectivity index (χ4v) is 0.142. The van der Waals surface area contributed by atoms with Crippen LogP contribution in [0.5, 0.6) is 0 Å². The molecule has 0 atom stereocenters. The highest BCUT2D eigenvalue weighted by molar-refractivity contribution is 5.64. The van der Waals surface area contributed by atoms with Crippen LogP contribution in [0.2, 0.25) is 0 Å². The molecule has 0 fully saturated rings. The summed E-state index contributed by atoms with van der Waals surface area (Å²) in [7, 11) is 0. The van der Waals surface area contributed by atoms with Gasteiger partial charge >= 0.3 is 6.09 Å². The van der Waals surface area contributed by atoms with Crippen molar-refractivity contribution in [3.05, 3.63) is 0 Å². The molecule has 6 heteroatoms. The van der Waals surface area contributed by atoms with Crippen LogP contribution in [0.3, 0.4) is 0 Å². The van der Waals surface area contributed by atoms with E-state index in [4.69, 9.17) is 9.90 Å². The van der Waals surface area contributed by atoms with Crippen molar-refractivity contribution < 1.29 is 24.1 Å². The van der Waals surface area contributed by atoms with Gasteiger partial charge in [-0.15, -0.1) is 0 Å². The Morgan fingerprint density at radius 1 is 1.55 bits per heavy atom. The van der Waals surface area contributed by atoms with Gasteiger partial charge in [-0.25, -0.2) is 4.79 Å². The minimum Gasteiger partial charge on any atom is -0.481 e. The summed E-state index contributed by atoms with van der Waals surface area (Å²) >= 11 is 0. The third kappa shape index (κ3) is 138. The molecule has 5 nitrogen and oxygen atoms in total. The summed E-state index contributed by atoms with van der Waals surface area (Å²) in [5.74, 6) is -0.833. The van der Waals surface area contributed by atoms with Gasteiger partial charge in [0.15, 0.2) is 0 Å².